The van der Waals surface area contributed by atoms with Gasteiger partial charge in [-0.2, -0.15) is 0 Å². The Balaban J connectivity index is 1.62. The number of hydrogen-bond acceptors (Lipinski definition) is 4. The van der Waals surface area contributed by atoms with Gasteiger partial charge in [-0.25, -0.2) is 4.79 Å². The number of fused-ring (bicyclic) bond motifs is 1. The van der Waals surface area contributed by atoms with E-state index in [0.717, 1.165) is 31.2 Å². The molecule has 0 radical (unpaired) electrons. The Kier molecular flexibility index (Phi) is 5.44. The molecule has 1 aliphatic carbocycles. The van der Waals surface area contributed by atoms with Gasteiger partial charge in [-0.15, -0.1) is 0 Å². The first-order chi connectivity index (χ1) is 12.5. The van der Waals surface area contributed by atoms with Crippen LogP contribution in [0, 0.1) is 5.92 Å². The number of primary amides is 1. The van der Waals surface area contributed by atoms with Crippen LogP contribution in [-0.2, 0) is 20.8 Å². The summed E-state index contributed by atoms with van der Waals surface area (Å²) in [6, 6.07) is 6.05. The van der Waals surface area contributed by atoms with Crippen LogP contribution < -0.4 is 10.5 Å². The number of carboxylic acid groups (broad SMARTS) is 1. The number of ether oxygens (including phenoxy) is 1. The molecule has 7 heteroatoms. The summed E-state index contributed by atoms with van der Waals surface area (Å²) >= 11 is 0. The van der Waals surface area contributed by atoms with Crippen molar-refractivity contribution in [3.8, 4) is 5.75 Å². The van der Waals surface area contributed by atoms with E-state index in [1.165, 1.54) is 4.90 Å². The summed E-state index contributed by atoms with van der Waals surface area (Å²) in [6.07, 6.45) is 4.66. The van der Waals surface area contributed by atoms with Gasteiger partial charge in [0, 0.05) is 6.04 Å². The molecule has 3 atom stereocenters. The minimum Gasteiger partial charge on any atom is -0.484 e. The lowest BCUT2D eigenvalue weighted by Gasteiger charge is -2.32. The lowest BCUT2D eigenvalue weighted by atomic mass is 9.85. The fourth-order valence-electron chi connectivity index (χ4n) is 4.16. The first kappa shape index (κ1) is 18.2. The molecule has 2 aliphatic rings. The normalized spacial score (nSPS) is 24.8. The molecule has 2 amide bonds. The number of aliphatic carboxylic acids is 1. The SMILES string of the molecule is NC(=O)Cc1ccc(OCC(=O)N2[C@@H]3CCCC[C@@H]3C[C@H]2C(=O)O)cc1. The van der Waals surface area contributed by atoms with Crippen LogP contribution in [0.15, 0.2) is 24.3 Å². The van der Waals surface area contributed by atoms with Crippen molar-refractivity contribution in [2.75, 3.05) is 6.61 Å². The van der Waals surface area contributed by atoms with E-state index in [9.17, 15) is 19.5 Å². The first-order valence-electron chi connectivity index (χ1n) is 8.99. The zero-order chi connectivity index (χ0) is 18.7. The van der Waals surface area contributed by atoms with Crippen molar-refractivity contribution < 1.29 is 24.2 Å². The number of carbonyl (C=O) groups is 3. The minimum absolute atomic E-state index is 0.0129. The molecule has 7 nitrogen and oxygen atoms in total. The molecule has 0 spiro atoms. The Labute approximate surface area is 152 Å². The predicted octanol–water partition coefficient (Wildman–Crippen LogP) is 1.34. The van der Waals surface area contributed by atoms with Crippen LogP contribution in [0.2, 0.25) is 0 Å². The summed E-state index contributed by atoms with van der Waals surface area (Å²) in [5.74, 6) is -0.860. The second-order valence-corrected chi connectivity index (χ2v) is 7.08. The van der Waals surface area contributed by atoms with Crippen molar-refractivity contribution in [1.29, 1.82) is 0 Å². The summed E-state index contributed by atoms with van der Waals surface area (Å²) in [4.78, 5) is 36.7. The fourth-order valence-corrected chi connectivity index (χ4v) is 4.16. The van der Waals surface area contributed by atoms with Crippen molar-refractivity contribution in [1.82, 2.24) is 4.90 Å². The van der Waals surface area contributed by atoms with Gasteiger partial charge in [-0.05, 0) is 42.9 Å². The highest BCUT2D eigenvalue weighted by molar-refractivity contribution is 5.85. The Hall–Kier alpha value is -2.57. The molecular weight excluding hydrogens is 336 g/mol. The van der Waals surface area contributed by atoms with Crippen LogP contribution in [-0.4, -0.2) is 46.5 Å². The van der Waals surface area contributed by atoms with E-state index in [1.54, 1.807) is 24.3 Å². The highest BCUT2D eigenvalue weighted by atomic mass is 16.5. The largest absolute Gasteiger partial charge is 0.484 e. The number of hydrogen-bond donors (Lipinski definition) is 2. The van der Waals surface area contributed by atoms with Gasteiger partial charge >= 0.3 is 5.97 Å². The Morgan fingerprint density at radius 2 is 1.85 bits per heavy atom. The molecule has 1 saturated heterocycles. The molecule has 0 unspecified atom stereocenters. The molecule has 1 aromatic carbocycles. The molecule has 2 fully saturated rings. The standard InChI is InChI=1S/C19H24N2O5/c20-17(22)9-12-5-7-14(8-6-12)26-11-18(23)21-15-4-2-1-3-13(15)10-16(21)19(24)25/h5-8,13,15-16H,1-4,9-11H2,(H2,20,22)(H,24,25)/t13-,15-,16+/m1/s1. The van der Waals surface area contributed by atoms with Crippen LogP contribution >= 0.6 is 0 Å². The number of carboxylic acids is 1. The molecule has 1 aliphatic heterocycles. The summed E-state index contributed by atoms with van der Waals surface area (Å²) in [5.41, 5.74) is 5.92. The molecule has 0 bridgehead atoms. The molecule has 3 rings (SSSR count). The summed E-state index contributed by atoms with van der Waals surface area (Å²) in [5, 5.41) is 9.49. The van der Waals surface area contributed by atoms with Crippen LogP contribution in [0.3, 0.4) is 0 Å². The minimum atomic E-state index is -0.941. The van der Waals surface area contributed by atoms with Crippen molar-refractivity contribution in [3.05, 3.63) is 29.8 Å². The van der Waals surface area contributed by atoms with E-state index in [1.807, 2.05) is 0 Å². The molecular formula is C19H24N2O5. The van der Waals surface area contributed by atoms with Gasteiger partial charge in [0.2, 0.25) is 5.91 Å². The maximum absolute atomic E-state index is 12.7. The van der Waals surface area contributed by atoms with Gasteiger partial charge in [0.25, 0.3) is 5.91 Å². The topological polar surface area (TPSA) is 110 Å². The zero-order valence-corrected chi connectivity index (χ0v) is 14.6. The first-order valence-corrected chi connectivity index (χ1v) is 8.99. The Morgan fingerprint density at radius 3 is 2.50 bits per heavy atom. The van der Waals surface area contributed by atoms with E-state index in [-0.39, 0.29) is 30.9 Å². The highest BCUT2D eigenvalue weighted by Crippen LogP contribution is 2.39. The lowest BCUT2D eigenvalue weighted by molar-refractivity contribution is -0.150. The van der Waals surface area contributed by atoms with Crippen LogP contribution in [0.5, 0.6) is 5.75 Å². The van der Waals surface area contributed by atoms with Gasteiger partial charge in [-0.3, -0.25) is 9.59 Å². The van der Waals surface area contributed by atoms with Crippen LogP contribution in [0.4, 0.5) is 0 Å². The third kappa shape index (κ3) is 3.98. The number of rotatable bonds is 6. The molecule has 26 heavy (non-hydrogen) atoms. The Morgan fingerprint density at radius 1 is 1.15 bits per heavy atom. The van der Waals surface area contributed by atoms with Crippen molar-refractivity contribution in [3.63, 3.8) is 0 Å². The monoisotopic (exact) mass is 360 g/mol. The number of nitrogens with two attached hydrogens (primary N) is 1. The number of benzene rings is 1. The van der Waals surface area contributed by atoms with E-state index in [2.05, 4.69) is 0 Å². The van der Waals surface area contributed by atoms with Gasteiger partial charge in [-0.1, -0.05) is 25.0 Å². The van der Waals surface area contributed by atoms with E-state index < -0.39 is 17.9 Å². The average molecular weight is 360 g/mol. The molecule has 0 aromatic heterocycles. The maximum atomic E-state index is 12.7. The molecule has 1 saturated carbocycles. The molecule has 140 valence electrons. The number of amides is 2. The van der Waals surface area contributed by atoms with Gasteiger partial charge in [0.1, 0.15) is 11.8 Å². The smallest absolute Gasteiger partial charge is 0.326 e. The summed E-state index contributed by atoms with van der Waals surface area (Å²) < 4.78 is 5.55. The van der Waals surface area contributed by atoms with Crippen molar-refractivity contribution >= 4 is 17.8 Å². The van der Waals surface area contributed by atoms with Crippen molar-refractivity contribution in [2.24, 2.45) is 11.7 Å². The van der Waals surface area contributed by atoms with Crippen LogP contribution in [0.1, 0.15) is 37.7 Å². The van der Waals surface area contributed by atoms with Gasteiger partial charge in [0.15, 0.2) is 6.61 Å². The number of nitrogens with zero attached hydrogens (tertiary/aromatic N) is 1. The van der Waals surface area contributed by atoms with E-state index in [4.69, 9.17) is 10.5 Å². The zero-order valence-electron chi connectivity index (χ0n) is 14.6. The summed E-state index contributed by atoms with van der Waals surface area (Å²) in [7, 11) is 0. The quantitative estimate of drug-likeness (QED) is 0.795. The van der Waals surface area contributed by atoms with E-state index in [0.29, 0.717) is 12.2 Å². The van der Waals surface area contributed by atoms with Crippen molar-refractivity contribution in [2.45, 2.75) is 50.6 Å². The third-order valence-electron chi connectivity index (χ3n) is 5.33. The maximum Gasteiger partial charge on any atom is 0.326 e. The second-order valence-electron chi connectivity index (χ2n) is 7.08. The van der Waals surface area contributed by atoms with E-state index >= 15 is 0 Å². The van der Waals surface area contributed by atoms with Gasteiger partial charge < -0.3 is 20.5 Å². The predicted molar refractivity (Wildman–Crippen MR) is 93.5 cm³/mol. The number of carbonyl (C=O) groups excluding carboxylic acids is 2. The lowest BCUT2D eigenvalue weighted by Crippen LogP contribution is -2.48. The molecule has 1 aromatic rings. The molecule has 3 N–H and O–H groups in total. The average Bonchev–Trinajstić information content (AvgIpc) is 3.00. The summed E-state index contributed by atoms with van der Waals surface area (Å²) in [6.45, 7) is -0.192. The Bertz CT molecular complexity index is 688. The van der Waals surface area contributed by atoms with Crippen LogP contribution in [0.25, 0.3) is 0 Å². The third-order valence-corrected chi connectivity index (χ3v) is 5.33. The fraction of sp³-hybridized carbons (Fsp3) is 0.526. The number of likely N-dealkylation sites (tertiary alicyclic amines) is 1. The highest BCUT2D eigenvalue weighted by Gasteiger charge is 2.47. The van der Waals surface area contributed by atoms with Gasteiger partial charge in [0.05, 0.1) is 6.42 Å². The molecule has 1 heterocycles. The second kappa shape index (κ2) is 7.76.